The zero-order valence-corrected chi connectivity index (χ0v) is 26.9. The number of rotatable bonds is 7. The first-order valence-electron chi connectivity index (χ1n) is 13.7. The molecule has 1 aliphatic heterocycles. The fourth-order valence-corrected chi connectivity index (χ4v) is 6.39. The van der Waals surface area contributed by atoms with Crippen molar-refractivity contribution in [1.82, 2.24) is 14.1 Å². The van der Waals surface area contributed by atoms with Gasteiger partial charge in [-0.25, -0.2) is 4.98 Å². The van der Waals surface area contributed by atoms with E-state index >= 15 is 0 Å². The third-order valence-corrected chi connectivity index (χ3v) is 9.46. The molecule has 3 aromatic rings. The number of hydrogen-bond donors (Lipinski definition) is 0. The van der Waals surface area contributed by atoms with Crippen molar-refractivity contribution in [2.24, 2.45) is 0 Å². The molecule has 0 saturated heterocycles. The van der Waals surface area contributed by atoms with Crippen molar-refractivity contribution in [1.29, 1.82) is 0 Å². The summed E-state index contributed by atoms with van der Waals surface area (Å²) < 4.78 is 10.1. The highest BCUT2D eigenvalue weighted by molar-refractivity contribution is 6.83. The number of ether oxygens (including phenoxy) is 1. The zero-order valence-electron chi connectivity index (χ0n) is 24.9. The van der Waals surface area contributed by atoms with Crippen LogP contribution in [0.3, 0.4) is 0 Å². The molecule has 38 heavy (non-hydrogen) atoms. The molecule has 4 rings (SSSR count). The van der Waals surface area contributed by atoms with Gasteiger partial charge in [0.25, 0.3) is 5.56 Å². The molecule has 0 spiro atoms. The van der Waals surface area contributed by atoms with Gasteiger partial charge in [0, 0.05) is 49.5 Å². The van der Waals surface area contributed by atoms with Crippen LogP contribution in [0.25, 0.3) is 22.2 Å². The number of nitrogens with zero attached hydrogens (tertiary/aromatic N) is 4. The Labute approximate surface area is 230 Å². The Morgan fingerprint density at radius 1 is 1.11 bits per heavy atom. The molecule has 0 fully saturated rings. The van der Waals surface area contributed by atoms with E-state index in [1.54, 1.807) is 6.07 Å². The highest BCUT2D eigenvalue weighted by atomic mass is 28.3. The molecule has 0 amide bonds. The van der Waals surface area contributed by atoms with Crippen molar-refractivity contribution < 1.29 is 4.74 Å². The van der Waals surface area contributed by atoms with E-state index in [9.17, 15) is 4.79 Å². The molecule has 8 heteroatoms. The van der Waals surface area contributed by atoms with Crippen LogP contribution in [-0.4, -0.2) is 48.5 Å². The summed E-state index contributed by atoms with van der Waals surface area (Å²) in [6.45, 7) is 24.4. The molecule has 0 unspecified atom stereocenters. The normalized spacial score (nSPS) is 15.2. The Hall–Kier alpha value is -2.61. The first-order chi connectivity index (χ1) is 17.6. The number of aromatic nitrogens is 3. The Kier molecular flexibility index (Phi) is 7.61. The lowest BCUT2D eigenvalue weighted by atomic mass is 10.0. The van der Waals surface area contributed by atoms with Gasteiger partial charge in [0.05, 0.1) is 23.3 Å². The van der Waals surface area contributed by atoms with Crippen LogP contribution in [0.2, 0.25) is 45.3 Å². The lowest BCUT2D eigenvalue weighted by molar-refractivity contribution is 0.0903. The van der Waals surface area contributed by atoms with Crippen molar-refractivity contribution >= 4 is 33.0 Å². The number of anilines is 1. The van der Waals surface area contributed by atoms with Gasteiger partial charge in [-0.1, -0.05) is 45.2 Å². The number of fused-ring (bicyclic) bond motifs is 2. The van der Waals surface area contributed by atoms with Crippen molar-refractivity contribution in [2.75, 3.05) is 11.5 Å². The minimum Gasteiger partial charge on any atom is -0.361 e. The van der Waals surface area contributed by atoms with E-state index in [2.05, 4.69) is 112 Å². The summed E-state index contributed by atoms with van der Waals surface area (Å²) >= 11 is 0. The van der Waals surface area contributed by atoms with Gasteiger partial charge in [0.15, 0.2) is 0 Å². The standard InChI is InChI=1S/C30H44N4O2Si2/c1-22(2)34-29-31-26(18-28(35)33(29)20-30(34,3)4)25-19-32(21-36-14-16-38(8,9)10)27-12-11-23(17-24(25)27)13-15-37(5,6)7/h11-12,17-19,22H,14,16,20-21H2,1-10H3. The topological polar surface area (TPSA) is 52.3 Å². The predicted molar refractivity (Wildman–Crippen MR) is 165 cm³/mol. The van der Waals surface area contributed by atoms with E-state index in [4.69, 9.17) is 9.72 Å². The van der Waals surface area contributed by atoms with E-state index < -0.39 is 16.1 Å². The second-order valence-electron chi connectivity index (χ2n) is 13.7. The van der Waals surface area contributed by atoms with Gasteiger partial charge in [0.2, 0.25) is 5.95 Å². The average Bonchev–Trinajstić information content (AvgIpc) is 3.27. The van der Waals surface area contributed by atoms with Gasteiger partial charge in [-0.2, -0.15) is 0 Å². The monoisotopic (exact) mass is 548 g/mol. The van der Waals surface area contributed by atoms with Crippen molar-refractivity contribution in [2.45, 2.75) is 97.9 Å². The summed E-state index contributed by atoms with van der Waals surface area (Å²) in [4.78, 5) is 20.7. The average molecular weight is 549 g/mol. The summed E-state index contributed by atoms with van der Waals surface area (Å²) in [7, 11) is -2.68. The highest BCUT2D eigenvalue weighted by Crippen LogP contribution is 2.36. The van der Waals surface area contributed by atoms with Crippen LogP contribution >= 0.6 is 0 Å². The third kappa shape index (κ3) is 6.16. The second-order valence-corrected chi connectivity index (χ2v) is 24.1. The van der Waals surface area contributed by atoms with Gasteiger partial charge >= 0.3 is 0 Å². The van der Waals surface area contributed by atoms with Gasteiger partial charge in [-0.3, -0.25) is 9.36 Å². The van der Waals surface area contributed by atoms with Gasteiger partial charge in [0.1, 0.15) is 14.8 Å². The molecule has 1 aromatic carbocycles. The molecule has 0 bridgehead atoms. The number of hydrogen-bond acceptors (Lipinski definition) is 4. The van der Waals surface area contributed by atoms with Crippen LogP contribution in [0.1, 0.15) is 33.3 Å². The quantitative estimate of drug-likeness (QED) is 0.194. The minimum absolute atomic E-state index is 0.0109. The summed E-state index contributed by atoms with van der Waals surface area (Å²) in [5, 5.41) is 1.05. The maximum atomic E-state index is 13.3. The minimum atomic E-state index is -1.51. The maximum absolute atomic E-state index is 13.3. The van der Waals surface area contributed by atoms with Crippen LogP contribution in [0, 0.1) is 11.5 Å². The molecule has 0 N–H and O–H groups in total. The molecular formula is C30H44N4O2Si2. The Bertz CT molecular complexity index is 1460. The molecule has 1 aliphatic rings. The highest BCUT2D eigenvalue weighted by Gasteiger charge is 2.39. The lowest BCUT2D eigenvalue weighted by Crippen LogP contribution is -2.45. The van der Waals surface area contributed by atoms with E-state index in [1.807, 2.05) is 4.57 Å². The Morgan fingerprint density at radius 3 is 2.45 bits per heavy atom. The Balaban J connectivity index is 1.83. The van der Waals surface area contributed by atoms with Gasteiger partial charge < -0.3 is 14.2 Å². The fourth-order valence-electron chi connectivity index (χ4n) is 5.11. The van der Waals surface area contributed by atoms with Crippen LogP contribution in [0.15, 0.2) is 35.3 Å². The summed E-state index contributed by atoms with van der Waals surface area (Å²) in [6, 6.07) is 9.40. The van der Waals surface area contributed by atoms with E-state index in [-0.39, 0.29) is 17.1 Å². The summed E-state index contributed by atoms with van der Waals surface area (Å²) in [6.07, 6.45) is 2.09. The van der Waals surface area contributed by atoms with Crippen molar-refractivity contribution in [3.05, 3.63) is 46.4 Å². The third-order valence-electron chi connectivity index (χ3n) is 6.88. The summed E-state index contributed by atoms with van der Waals surface area (Å²) in [5.74, 6) is 4.15. The predicted octanol–water partition coefficient (Wildman–Crippen LogP) is 6.41. The SMILES string of the molecule is CC(C)N1c2nc(-c3cn(COCC[Si](C)(C)C)c4ccc(C#C[Si](C)(C)C)cc34)cc(=O)n2CC1(C)C. The maximum Gasteiger partial charge on any atom is 0.255 e. The van der Waals surface area contributed by atoms with Crippen molar-refractivity contribution in [3.8, 4) is 22.7 Å². The van der Waals surface area contributed by atoms with Crippen LogP contribution in [-0.2, 0) is 18.0 Å². The summed E-state index contributed by atoms with van der Waals surface area (Å²) in [5.41, 5.74) is 6.99. The van der Waals surface area contributed by atoms with E-state index in [1.165, 1.54) is 0 Å². The molecule has 204 valence electrons. The molecule has 0 aliphatic carbocycles. The van der Waals surface area contributed by atoms with E-state index in [0.29, 0.717) is 19.0 Å². The van der Waals surface area contributed by atoms with Crippen LogP contribution < -0.4 is 10.5 Å². The molecule has 6 nitrogen and oxygen atoms in total. The largest absolute Gasteiger partial charge is 0.361 e. The smallest absolute Gasteiger partial charge is 0.255 e. The van der Waals surface area contributed by atoms with E-state index in [0.717, 1.165) is 40.6 Å². The first-order valence-corrected chi connectivity index (χ1v) is 20.9. The zero-order chi connectivity index (χ0) is 28.0. The molecular weight excluding hydrogens is 505 g/mol. The van der Waals surface area contributed by atoms with Gasteiger partial charge in [-0.05, 0) is 51.9 Å². The van der Waals surface area contributed by atoms with Crippen LogP contribution in [0.5, 0.6) is 0 Å². The molecule has 0 radical (unpaired) electrons. The fraction of sp³-hybridized carbons (Fsp3) is 0.533. The Morgan fingerprint density at radius 2 is 1.82 bits per heavy atom. The van der Waals surface area contributed by atoms with Crippen molar-refractivity contribution in [3.63, 3.8) is 0 Å². The van der Waals surface area contributed by atoms with Crippen LogP contribution in [0.4, 0.5) is 5.95 Å². The molecule has 3 heterocycles. The first kappa shape index (κ1) is 28.4. The molecule has 0 saturated carbocycles. The second kappa shape index (κ2) is 10.2. The molecule has 0 atom stereocenters. The number of benzene rings is 1. The lowest BCUT2D eigenvalue weighted by Gasteiger charge is -2.35. The molecule has 2 aromatic heterocycles. The van der Waals surface area contributed by atoms with Gasteiger partial charge in [-0.15, -0.1) is 5.54 Å².